The van der Waals surface area contributed by atoms with Crippen molar-refractivity contribution in [1.82, 2.24) is 5.16 Å². The summed E-state index contributed by atoms with van der Waals surface area (Å²) in [5.41, 5.74) is 6.19. The second-order valence-electron chi connectivity index (χ2n) is 6.54. The molecule has 0 N–H and O–H groups in total. The number of hydrogen-bond donors (Lipinski definition) is 0. The molecule has 0 aliphatic heterocycles. The quantitative estimate of drug-likeness (QED) is 0.545. The summed E-state index contributed by atoms with van der Waals surface area (Å²) in [4.78, 5) is 0. The van der Waals surface area contributed by atoms with Crippen LogP contribution in [0.25, 0.3) is 11.3 Å². The van der Waals surface area contributed by atoms with E-state index in [4.69, 9.17) is 4.52 Å². The lowest BCUT2D eigenvalue weighted by molar-refractivity contribution is -0.597. The van der Waals surface area contributed by atoms with E-state index in [1.165, 1.54) is 35.8 Å². The summed E-state index contributed by atoms with van der Waals surface area (Å²) in [6.07, 6.45) is 3.29. The third-order valence-corrected chi connectivity index (χ3v) is 7.30. The van der Waals surface area contributed by atoms with Crippen molar-refractivity contribution in [2.24, 2.45) is 0 Å². The van der Waals surface area contributed by atoms with Gasteiger partial charge in [0.05, 0.1) is 0 Å². The van der Waals surface area contributed by atoms with Gasteiger partial charge in [-0.3, -0.25) is 0 Å². The van der Waals surface area contributed by atoms with E-state index in [1.807, 2.05) is 0 Å². The van der Waals surface area contributed by atoms with Crippen LogP contribution in [0.5, 0.6) is 0 Å². The van der Waals surface area contributed by atoms with Gasteiger partial charge in [-0.15, -0.1) is 0 Å². The highest BCUT2D eigenvalue weighted by Crippen LogP contribution is 2.28. The number of aromatic nitrogens is 1. The van der Waals surface area contributed by atoms with Crippen molar-refractivity contribution < 1.29 is 25.7 Å². The zero-order valence-electron chi connectivity index (χ0n) is 15.4. The lowest BCUT2D eigenvalue weighted by Crippen LogP contribution is -3.61. The zero-order chi connectivity index (χ0) is 17.8. The molecule has 0 atom stereocenters. The van der Waals surface area contributed by atoms with Crippen LogP contribution in [0.2, 0.25) is 0 Å². The van der Waals surface area contributed by atoms with Crippen LogP contribution in [0.15, 0.2) is 47.0 Å². The lowest BCUT2D eigenvalue weighted by Gasteiger charge is -2.08. The minimum atomic E-state index is -0.310. The number of unbranched alkanes of at least 4 members (excludes halogenated alkanes) is 1. The molecule has 0 fully saturated rings. The van der Waals surface area contributed by atoms with Crippen molar-refractivity contribution in [2.45, 2.75) is 47.0 Å². The van der Waals surface area contributed by atoms with E-state index < -0.39 is 0 Å². The fraction of sp³-hybridized carbons (Fsp3) is 0.318. The molecule has 130 valence electrons. The summed E-state index contributed by atoms with van der Waals surface area (Å²) in [5, 5.41) is 4.54. The third-order valence-electron chi connectivity index (χ3n) is 4.31. The Hall–Kier alpha value is -1.62. The summed E-state index contributed by atoms with van der Waals surface area (Å²) in [5.74, 6) is 1.09. The largest absolute Gasteiger partial charge is 0.364 e. The number of aryl methyl sites for hydroxylation is 4. The Morgan fingerprint density at radius 1 is 1.00 bits per heavy atom. The maximum absolute atomic E-state index is 5.84. The Labute approximate surface area is 160 Å². The van der Waals surface area contributed by atoms with Gasteiger partial charge in [0.2, 0.25) is 0 Å². The number of hydrogen-bond acceptors (Lipinski definition) is 2. The van der Waals surface area contributed by atoms with Crippen molar-refractivity contribution >= 4 is 0 Å². The van der Waals surface area contributed by atoms with Crippen LogP contribution in [0.3, 0.4) is 0 Å². The van der Waals surface area contributed by atoms with Crippen molar-refractivity contribution in [3.05, 3.63) is 72.1 Å². The van der Waals surface area contributed by atoms with Gasteiger partial charge in [-0.2, -0.15) is 0 Å². The van der Waals surface area contributed by atoms with Crippen molar-refractivity contribution in [2.75, 3.05) is 0 Å². The molecule has 1 aromatic heterocycles. The average Bonchev–Trinajstić information content (AvgIpc) is 2.95. The lowest BCUT2D eigenvalue weighted by atomic mass is 9.97. The molecule has 0 radical (unpaired) electrons. The van der Waals surface area contributed by atoms with Gasteiger partial charge in [-0.05, 0) is 50.5 Å². The molecule has 3 heteroatoms. The molecule has 0 unspecified atom stereocenters. The maximum atomic E-state index is 5.84. The number of rotatable bonds is 6. The molecule has 2 aromatic carbocycles. The monoisotopic (exact) mass is 446 g/mol. The summed E-state index contributed by atoms with van der Waals surface area (Å²) < 4.78 is 8.61. The summed E-state index contributed by atoms with van der Waals surface area (Å²) in [6, 6.07) is 15.3. The van der Waals surface area contributed by atoms with Gasteiger partial charge in [0, 0.05) is 12.0 Å². The molecule has 3 rings (SSSR count). The SMILES string of the molecule is CCCCc1onc(-c2c(C)cc(C)cc2C)c1[I+]c1ccccc1. The Bertz CT molecular complexity index is 829. The molecule has 25 heavy (non-hydrogen) atoms. The molecule has 0 saturated carbocycles. The first-order valence-electron chi connectivity index (χ1n) is 8.86. The predicted molar refractivity (Wildman–Crippen MR) is 98.6 cm³/mol. The van der Waals surface area contributed by atoms with E-state index in [0.29, 0.717) is 0 Å². The van der Waals surface area contributed by atoms with Gasteiger partial charge in [-0.25, -0.2) is 0 Å². The smallest absolute Gasteiger partial charge is 0.356 e. The van der Waals surface area contributed by atoms with Crippen molar-refractivity contribution in [1.29, 1.82) is 0 Å². The van der Waals surface area contributed by atoms with Crippen molar-refractivity contribution in [3.8, 4) is 11.3 Å². The van der Waals surface area contributed by atoms with Crippen LogP contribution in [-0.2, 0) is 6.42 Å². The fourth-order valence-corrected chi connectivity index (χ4v) is 5.89. The fourth-order valence-electron chi connectivity index (χ4n) is 3.20. The van der Waals surface area contributed by atoms with Gasteiger partial charge < -0.3 is 4.52 Å². The zero-order valence-corrected chi connectivity index (χ0v) is 17.6. The first kappa shape index (κ1) is 18.2. The highest BCUT2D eigenvalue weighted by Gasteiger charge is 2.31. The van der Waals surface area contributed by atoms with Crippen LogP contribution >= 0.6 is 0 Å². The van der Waals surface area contributed by atoms with Gasteiger partial charge in [0.15, 0.2) is 15.0 Å². The Balaban J connectivity index is 2.09. The van der Waals surface area contributed by atoms with Crippen LogP contribution < -0.4 is 21.2 Å². The van der Waals surface area contributed by atoms with Crippen LogP contribution in [-0.4, -0.2) is 5.16 Å². The summed E-state index contributed by atoms with van der Waals surface area (Å²) in [7, 11) is 0. The van der Waals surface area contributed by atoms with E-state index in [-0.39, 0.29) is 21.2 Å². The molecule has 0 aliphatic rings. The van der Waals surface area contributed by atoms with E-state index >= 15 is 0 Å². The topological polar surface area (TPSA) is 26.0 Å². The van der Waals surface area contributed by atoms with E-state index in [9.17, 15) is 0 Å². The van der Waals surface area contributed by atoms with E-state index in [0.717, 1.165) is 24.3 Å². The van der Waals surface area contributed by atoms with Gasteiger partial charge in [0.1, 0.15) is 0 Å². The first-order valence-corrected chi connectivity index (χ1v) is 11.0. The van der Waals surface area contributed by atoms with Crippen molar-refractivity contribution in [3.63, 3.8) is 0 Å². The number of halogens is 1. The minimum Gasteiger partial charge on any atom is -0.356 e. The van der Waals surface area contributed by atoms with E-state index in [2.05, 4.69) is 75.3 Å². The van der Waals surface area contributed by atoms with E-state index in [1.54, 1.807) is 0 Å². The summed E-state index contributed by atoms with van der Waals surface area (Å²) >= 11 is -0.310. The number of benzene rings is 2. The van der Waals surface area contributed by atoms with Crippen LogP contribution in [0.1, 0.15) is 42.2 Å². The highest BCUT2D eigenvalue weighted by molar-refractivity contribution is 5.67. The first-order chi connectivity index (χ1) is 12.1. The minimum absolute atomic E-state index is 0.310. The van der Waals surface area contributed by atoms with Crippen LogP contribution in [0.4, 0.5) is 0 Å². The van der Waals surface area contributed by atoms with Gasteiger partial charge in [0.25, 0.3) is 3.57 Å². The van der Waals surface area contributed by atoms with Gasteiger partial charge in [-0.1, -0.05) is 54.4 Å². The second kappa shape index (κ2) is 8.17. The Morgan fingerprint density at radius 2 is 1.68 bits per heavy atom. The molecule has 0 saturated heterocycles. The molecule has 0 bridgehead atoms. The molecule has 0 spiro atoms. The molecule has 3 aromatic rings. The Morgan fingerprint density at radius 3 is 2.32 bits per heavy atom. The number of nitrogens with zero attached hydrogens (tertiary/aromatic N) is 1. The normalized spacial score (nSPS) is 11.0. The molecule has 0 amide bonds. The molecule has 2 nitrogen and oxygen atoms in total. The standard InChI is InChI=1S/C22H25INO/c1-5-6-12-19-21(23-18-10-8-7-9-11-18)22(24-25-19)20-16(3)13-15(2)14-17(20)4/h7-11,13-14H,5-6,12H2,1-4H3/q+1. The second-order valence-corrected chi connectivity index (χ2v) is 9.40. The Kier molecular flexibility index (Phi) is 5.94. The highest BCUT2D eigenvalue weighted by atomic mass is 127. The average molecular weight is 446 g/mol. The maximum Gasteiger partial charge on any atom is 0.364 e. The summed E-state index contributed by atoms with van der Waals surface area (Å²) in [6.45, 7) is 8.73. The predicted octanol–water partition coefficient (Wildman–Crippen LogP) is 2.74. The molecule has 0 aliphatic carbocycles. The van der Waals surface area contributed by atoms with Crippen LogP contribution in [0, 0.1) is 27.9 Å². The van der Waals surface area contributed by atoms with Gasteiger partial charge >= 0.3 is 21.2 Å². The molecule has 1 heterocycles. The third kappa shape index (κ3) is 4.14. The molecular weight excluding hydrogens is 421 g/mol. The molecular formula is C22H25INO+.